The molecule has 1 aromatic heterocycles. The third kappa shape index (κ3) is 6.56. The molecule has 30 heavy (non-hydrogen) atoms. The molecule has 166 valence electrons. The van der Waals surface area contributed by atoms with Gasteiger partial charge >= 0.3 is 0 Å². The number of hydrogen-bond donors (Lipinski definition) is 1. The standard InChI is InChI=1S/C24H38N4O2/c1-19-21(16-28(4)25-19)15-26(2)14-20-10-8-9-13-24(20)30-18-23(29)17-27(3)22-11-6-5-7-12-22/h8-10,13,16,22-23,29H,5-7,11-12,14-15,17-18H2,1-4H3/t23-/m1/s1. The summed E-state index contributed by atoms with van der Waals surface area (Å²) in [5.41, 5.74) is 3.44. The zero-order chi connectivity index (χ0) is 21.5. The average molecular weight is 415 g/mol. The summed E-state index contributed by atoms with van der Waals surface area (Å²) in [6.45, 7) is 4.64. The highest BCUT2D eigenvalue weighted by molar-refractivity contribution is 5.33. The molecular formula is C24H38N4O2. The van der Waals surface area contributed by atoms with E-state index >= 15 is 0 Å². The van der Waals surface area contributed by atoms with Gasteiger partial charge in [0.25, 0.3) is 0 Å². The van der Waals surface area contributed by atoms with Crippen molar-refractivity contribution in [2.45, 2.75) is 64.3 Å². The molecular weight excluding hydrogens is 376 g/mol. The minimum Gasteiger partial charge on any atom is -0.491 e. The third-order valence-corrected chi connectivity index (χ3v) is 6.10. The fraction of sp³-hybridized carbons (Fsp3) is 0.625. The molecule has 6 heteroatoms. The van der Waals surface area contributed by atoms with Gasteiger partial charge in [0.05, 0.1) is 5.69 Å². The maximum absolute atomic E-state index is 10.5. The van der Waals surface area contributed by atoms with E-state index < -0.39 is 6.10 Å². The maximum Gasteiger partial charge on any atom is 0.123 e. The lowest BCUT2D eigenvalue weighted by molar-refractivity contribution is 0.0556. The van der Waals surface area contributed by atoms with Gasteiger partial charge in [-0.1, -0.05) is 37.5 Å². The summed E-state index contributed by atoms with van der Waals surface area (Å²) >= 11 is 0. The number of aryl methyl sites for hydroxylation is 2. The van der Waals surface area contributed by atoms with Crippen molar-refractivity contribution < 1.29 is 9.84 Å². The van der Waals surface area contributed by atoms with Crippen molar-refractivity contribution in [2.24, 2.45) is 7.05 Å². The molecule has 0 amide bonds. The van der Waals surface area contributed by atoms with E-state index in [1.807, 2.05) is 36.9 Å². The lowest BCUT2D eigenvalue weighted by Gasteiger charge is -2.32. The van der Waals surface area contributed by atoms with Gasteiger partial charge in [-0.15, -0.1) is 0 Å². The second-order valence-corrected chi connectivity index (χ2v) is 8.89. The van der Waals surface area contributed by atoms with E-state index in [0.717, 1.165) is 30.1 Å². The Morgan fingerprint density at radius 1 is 1.13 bits per heavy atom. The van der Waals surface area contributed by atoms with E-state index in [0.29, 0.717) is 19.2 Å². The number of aliphatic hydroxyl groups excluding tert-OH is 1. The topological polar surface area (TPSA) is 53.8 Å². The lowest BCUT2D eigenvalue weighted by atomic mass is 9.94. The van der Waals surface area contributed by atoms with Gasteiger partial charge in [0, 0.05) is 50.0 Å². The summed E-state index contributed by atoms with van der Waals surface area (Å²) in [6, 6.07) is 8.73. The van der Waals surface area contributed by atoms with Crippen LogP contribution in [0.3, 0.4) is 0 Å². The van der Waals surface area contributed by atoms with E-state index in [1.54, 1.807) is 0 Å². The molecule has 1 saturated carbocycles. The van der Waals surface area contributed by atoms with Crippen LogP contribution in [0, 0.1) is 6.92 Å². The fourth-order valence-electron chi connectivity index (χ4n) is 4.46. The van der Waals surface area contributed by atoms with Crippen molar-refractivity contribution in [3.63, 3.8) is 0 Å². The molecule has 1 aliphatic rings. The predicted octanol–water partition coefficient (Wildman–Crippen LogP) is 3.36. The van der Waals surface area contributed by atoms with Crippen LogP contribution in [-0.4, -0.2) is 64.1 Å². The minimum atomic E-state index is -0.485. The highest BCUT2D eigenvalue weighted by atomic mass is 16.5. The van der Waals surface area contributed by atoms with Gasteiger partial charge in [-0.05, 0) is 39.9 Å². The van der Waals surface area contributed by atoms with Crippen molar-refractivity contribution in [3.8, 4) is 5.75 Å². The first kappa shape index (κ1) is 22.8. The zero-order valence-electron chi connectivity index (χ0n) is 19.0. The molecule has 1 fully saturated rings. The summed E-state index contributed by atoms with van der Waals surface area (Å²) in [5, 5.41) is 15.0. The summed E-state index contributed by atoms with van der Waals surface area (Å²) in [4.78, 5) is 4.57. The summed E-state index contributed by atoms with van der Waals surface area (Å²) in [5.74, 6) is 0.853. The number of nitrogens with zero attached hydrogens (tertiary/aromatic N) is 4. The van der Waals surface area contributed by atoms with Crippen molar-refractivity contribution >= 4 is 0 Å². The predicted molar refractivity (Wildman–Crippen MR) is 121 cm³/mol. The van der Waals surface area contributed by atoms with Gasteiger partial charge in [0.2, 0.25) is 0 Å². The van der Waals surface area contributed by atoms with Crippen LogP contribution < -0.4 is 4.74 Å². The van der Waals surface area contributed by atoms with Gasteiger partial charge in [0.1, 0.15) is 18.5 Å². The average Bonchev–Trinajstić information content (AvgIpc) is 3.04. The van der Waals surface area contributed by atoms with Gasteiger partial charge in [0.15, 0.2) is 0 Å². The van der Waals surface area contributed by atoms with Crippen LogP contribution in [0.25, 0.3) is 0 Å². The minimum absolute atomic E-state index is 0.319. The number of rotatable bonds is 10. The fourth-order valence-corrected chi connectivity index (χ4v) is 4.46. The van der Waals surface area contributed by atoms with Gasteiger partial charge in [-0.3, -0.25) is 9.58 Å². The number of para-hydroxylation sites is 1. The first-order valence-corrected chi connectivity index (χ1v) is 11.2. The normalized spacial score (nSPS) is 16.4. The van der Waals surface area contributed by atoms with Crippen molar-refractivity contribution in [1.82, 2.24) is 19.6 Å². The van der Waals surface area contributed by atoms with E-state index in [-0.39, 0.29) is 0 Å². The molecule has 0 radical (unpaired) electrons. The summed E-state index contributed by atoms with van der Waals surface area (Å²) in [7, 11) is 6.19. The number of hydrogen-bond acceptors (Lipinski definition) is 5. The number of benzene rings is 1. The molecule has 1 aliphatic carbocycles. The van der Waals surface area contributed by atoms with Crippen LogP contribution in [-0.2, 0) is 20.1 Å². The van der Waals surface area contributed by atoms with Gasteiger partial charge in [-0.25, -0.2) is 0 Å². The van der Waals surface area contributed by atoms with Crippen LogP contribution in [0.1, 0.15) is 48.9 Å². The first-order valence-electron chi connectivity index (χ1n) is 11.2. The Bertz CT molecular complexity index is 785. The van der Waals surface area contributed by atoms with Crippen LogP contribution in [0.15, 0.2) is 30.5 Å². The SMILES string of the molecule is Cc1nn(C)cc1CN(C)Cc1ccccc1OC[C@H](O)CN(C)C1CCCCC1. The Balaban J connectivity index is 1.51. The van der Waals surface area contributed by atoms with Crippen LogP contribution in [0.2, 0.25) is 0 Å². The lowest BCUT2D eigenvalue weighted by Crippen LogP contribution is -2.40. The Labute approximate surface area is 181 Å². The summed E-state index contributed by atoms with van der Waals surface area (Å²) in [6.07, 6.45) is 8.04. The molecule has 0 bridgehead atoms. The molecule has 0 unspecified atom stereocenters. The van der Waals surface area contributed by atoms with E-state index in [9.17, 15) is 5.11 Å². The Morgan fingerprint density at radius 3 is 2.53 bits per heavy atom. The molecule has 1 aromatic carbocycles. The van der Waals surface area contributed by atoms with Crippen molar-refractivity contribution in [3.05, 3.63) is 47.3 Å². The van der Waals surface area contributed by atoms with E-state index in [1.165, 1.54) is 37.7 Å². The highest BCUT2D eigenvalue weighted by Crippen LogP contribution is 2.23. The van der Waals surface area contributed by atoms with Gasteiger partial charge in [-0.2, -0.15) is 5.10 Å². The van der Waals surface area contributed by atoms with E-state index in [2.05, 4.69) is 41.3 Å². The molecule has 0 spiro atoms. The Morgan fingerprint density at radius 2 is 1.83 bits per heavy atom. The summed E-state index contributed by atoms with van der Waals surface area (Å²) < 4.78 is 7.91. The Kier molecular flexibility index (Phi) is 8.31. The monoisotopic (exact) mass is 414 g/mol. The zero-order valence-corrected chi connectivity index (χ0v) is 19.0. The molecule has 3 rings (SSSR count). The molecule has 2 aromatic rings. The van der Waals surface area contributed by atoms with Gasteiger partial charge < -0.3 is 14.7 Å². The van der Waals surface area contributed by atoms with E-state index in [4.69, 9.17) is 4.74 Å². The molecule has 1 heterocycles. The number of ether oxygens (including phenoxy) is 1. The third-order valence-electron chi connectivity index (χ3n) is 6.10. The Hall–Kier alpha value is -1.89. The number of aliphatic hydroxyl groups is 1. The van der Waals surface area contributed by atoms with Crippen LogP contribution in [0.5, 0.6) is 5.75 Å². The molecule has 1 N–H and O–H groups in total. The van der Waals surface area contributed by atoms with Crippen molar-refractivity contribution in [1.29, 1.82) is 0 Å². The first-order chi connectivity index (χ1) is 14.4. The van der Waals surface area contributed by atoms with Crippen LogP contribution in [0.4, 0.5) is 0 Å². The second-order valence-electron chi connectivity index (χ2n) is 8.89. The molecule has 0 aliphatic heterocycles. The number of aromatic nitrogens is 2. The quantitative estimate of drug-likeness (QED) is 0.646. The second kappa shape index (κ2) is 10.9. The van der Waals surface area contributed by atoms with Crippen LogP contribution >= 0.6 is 0 Å². The smallest absolute Gasteiger partial charge is 0.123 e. The van der Waals surface area contributed by atoms with Crippen molar-refractivity contribution in [2.75, 3.05) is 27.2 Å². The molecule has 6 nitrogen and oxygen atoms in total. The molecule has 1 atom stereocenters. The largest absolute Gasteiger partial charge is 0.491 e. The number of likely N-dealkylation sites (N-methyl/N-ethyl adjacent to an activating group) is 1. The highest BCUT2D eigenvalue weighted by Gasteiger charge is 2.20. The maximum atomic E-state index is 10.5. The molecule has 0 saturated heterocycles.